The van der Waals surface area contributed by atoms with Crippen molar-refractivity contribution < 1.29 is 0 Å². The summed E-state index contributed by atoms with van der Waals surface area (Å²) in [5.74, 6) is 0. The molecule has 0 spiro atoms. The van der Waals surface area contributed by atoms with Crippen LogP contribution in [0, 0.1) is 13.8 Å². The molecule has 2 N–H and O–H groups in total. The van der Waals surface area contributed by atoms with Crippen molar-refractivity contribution in [3.8, 4) is 0 Å². The average molecular weight is 179 g/mol. The largest absolute Gasteiger partial charge is 0.321 e. The maximum absolute atomic E-state index is 6.29. The molecule has 1 aromatic rings. The van der Waals surface area contributed by atoms with Gasteiger partial charge in [-0.3, -0.25) is 4.68 Å². The zero-order valence-electron chi connectivity index (χ0n) is 8.59. The fourth-order valence-electron chi connectivity index (χ4n) is 2.30. The van der Waals surface area contributed by atoms with Gasteiger partial charge >= 0.3 is 0 Å². The van der Waals surface area contributed by atoms with Gasteiger partial charge in [-0.1, -0.05) is 0 Å². The number of aromatic nitrogens is 2. The molecule has 1 aromatic heterocycles. The summed E-state index contributed by atoms with van der Waals surface area (Å²) < 4.78 is 1.93. The van der Waals surface area contributed by atoms with Gasteiger partial charge in [0.15, 0.2) is 0 Å². The molecule has 3 heteroatoms. The minimum absolute atomic E-state index is 0.0670. The van der Waals surface area contributed by atoms with Gasteiger partial charge in [0.05, 0.1) is 5.69 Å². The Morgan fingerprint density at radius 3 is 2.31 bits per heavy atom. The lowest BCUT2D eigenvalue weighted by molar-refractivity contribution is 0.251. The summed E-state index contributed by atoms with van der Waals surface area (Å²) in [7, 11) is 1.98. The summed E-state index contributed by atoms with van der Waals surface area (Å²) in [5, 5.41) is 4.40. The summed E-state index contributed by atoms with van der Waals surface area (Å²) in [5.41, 5.74) is 9.82. The van der Waals surface area contributed by atoms with Crippen LogP contribution in [-0.4, -0.2) is 9.78 Å². The van der Waals surface area contributed by atoms with Crippen molar-refractivity contribution in [1.82, 2.24) is 9.78 Å². The van der Waals surface area contributed by atoms with Crippen molar-refractivity contribution in [1.29, 1.82) is 0 Å². The third-order valence-corrected chi connectivity index (χ3v) is 3.25. The Balaban J connectivity index is 2.49. The van der Waals surface area contributed by atoms with Crippen LogP contribution in [0.3, 0.4) is 0 Å². The Morgan fingerprint density at radius 2 is 2.00 bits per heavy atom. The molecule has 0 saturated heterocycles. The van der Waals surface area contributed by atoms with Gasteiger partial charge in [-0.25, -0.2) is 0 Å². The summed E-state index contributed by atoms with van der Waals surface area (Å²) in [6.45, 7) is 4.15. The topological polar surface area (TPSA) is 43.8 Å². The minimum atomic E-state index is -0.0670. The number of rotatable bonds is 1. The van der Waals surface area contributed by atoms with E-state index in [0.29, 0.717) is 0 Å². The molecule has 0 atom stereocenters. The van der Waals surface area contributed by atoms with Crippen LogP contribution in [0.4, 0.5) is 0 Å². The second kappa shape index (κ2) is 2.58. The number of hydrogen-bond acceptors (Lipinski definition) is 2. The van der Waals surface area contributed by atoms with Crippen LogP contribution in [0.25, 0.3) is 0 Å². The Kier molecular flexibility index (Phi) is 1.74. The van der Waals surface area contributed by atoms with Crippen molar-refractivity contribution in [2.24, 2.45) is 12.8 Å². The van der Waals surface area contributed by atoms with Gasteiger partial charge < -0.3 is 5.73 Å². The first-order valence-electron chi connectivity index (χ1n) is 4.84. The second-order valence-electron chi connectivity index (χ2n) is 4.18. The molecule has 0 aliphatic heterocycles. The van der Waals surface area contributed by atoms with E-state index in [-0.39, 0.29) is 5.54 Å². The van der Waals surface area contributed by atoms with Gasteiger partial charge in [-0.15, -0.1) is 0 Å². The fourth-order valence-corrected chi connectivity index (χ4v) is 2.30. The zero-order chi connectivity index (χ0) is 9.64. The monoisotopic (exact) mass is 179 g/mol. The van der Waals surface area contributed by atoms with E-state index in [1.807, 2.05) is 11.7 Å². The first-order valence-corrected chi connectivity index (χ1v) is 4.84. The first kappa shape index (κ1) is 8.75. The molecular weight excluding hydrogens is 162 g/mol. The van der Waals surface area contributed by atoms with Crippen LogP contribution < -0.4 is 5.73 Å². The third-order valence-electron chi connectivity index (χ3n) is 3.25. The minimum Gasteiger partial charge on any atom is -0.321 e. The van der Waals surface area contributed by atoms with E-state index >= 15 is 0 Å². The smallest absolute Gasteiger partial charge is 0.0647 e. The third kappa shape index (κ3) is 1.10. The molecule has 1 saturated carbocycles. The summed E-state index contributed by atoms with van der Waals surface area (Å²) >= 11 is 0. The summed E-state index contributed by atoms with van der Waals surface area (Å²) in [6, 6.07) is 0. The molecule has 13 heavy (non-hydrogen) atoms. The quantitative estimate of drug-likeness (QED) is 0.707. The van der Waals surface area contributed by atoms with E-state index in [2.05, 4.69) is 18.9 Å². The van der Waals surface area contributed by atoms with Gasteiger partial charge in [0, 0.05) is 23.8 Å². The van der Waals surface area contributed by atoms with Crippen LogP contribution in [-0.2, 0) is 12.6 Å². The van der Waals surface area contributed by atoms with Crippen molar-refractivity contribution >= 4 is 0 Å². The summed E-state index contributed by atoms with van der Waals surface area (Å²) in [4.78, 5) is 0. The predicted molar refractivity (Wildman–Crippen MR) is 52.4 cm³/mol. The number of hydrogen-bond donors (Lipinski definition) is 1. The Bertz CT molecular complexity index is 334. The van der Waals surface area contributed by atoms with E-state index in [9.17, 15) is 0 Å². The van der Waals surface area contributed by atoms with Gasteiger partial charge in [0.1, 0.15) is 0 Å². The molecular formula is C10H17N3. The Morgan fingerprint density at radius 1 is 1.38 bits per heavy atom. The van der Waals surface area contributed by atoms with E-state index in [1.54, 1.807) is 0 Å². The highest BCUT2D eigenvalue weighted by atomic mass is 15.3. The fraction of sp³-hybridized carbons (Fsp3) is 0.700. The number of aryl methyl sites for hydroxylation is 2. The van der Waals surface area contributed by atoms with E-state index in [0.717, 1.165) is 18.5 Å². The molecule has 72 valence electrons. The van der Waals surface area contributed by atoms with Gasteiger partial charge in [0.2, 0.25) is 0 Å². The van der Waals surface area contributed by atoms with Gasteiger partial charge in [-0.2, -0.15) is 5.10 Å². The molecule has 1 heterocycles. The SMILES string of the molecule is Cc1nn(C)c(C)c1C1(N)CCC1. The maximum Gasteiger partial charge on any atom is 0.0647 e. The number of nitrogens with two attached hydrogens (primary N) is 1. The van der Waals surface area contributed by atoms with Crippen molar-refractivity contribution in [2.75, 3.05) is 0 Å². The van der Waals surface area contributed by atoms with Crippen LogP contribution in [0.1, 0.15) is 36.2 Å². The molecule has 1 aliphatic carbocycles. The molecule has 3 nitrogen and oxygen atoms in total. The second-order valence-corrected chi connectivity index (χ2v) is 4.18. The van der Waals surface area contributed by atoms with Gasteiger partial charge in [-0.05, 0) is 33.1 Å². The maximum atomic E-state index is 6.29. The average Bonchev–Trinajstić information content (AvgIpc) is 2.23. The lowest BCUT2D eigenvalue weighted by Gasteiger charge is -2.38. The highest BCUT2D eigenvalue weighted by molar-refractivity contribution is 5.34. The van der Waals surface area contributed by atoms with E-state index in [4.69, 9.17) is 5.73 Å². The summed E-state index contributed by atoms with van der Waals surface area (Å²) in [6.07, 6.45) is 3.48. The van der Waals surface area contributed by atoms with E-state index < -0.39 is 0 Å². The molecule has 0 bridgehead atoms. The van der Waals surface area contributed by atoms with Crippen LogP contribution in [0.5, 0.6) is 0 Å². The van der Waals surface area contributed by atoms with Crippen LogP contribution in [0.2, 0.25) is 0 Å². The van der Waals surface area contributed by atoms with Crippen molar-refractivity contribution in [3.63, 3.8) is 0 Å². The molecule has 0 aromatic carbocycles. The lowest BCUT2D eigenvalue weighted by atomic mass is 9.72. The van der Waals surface area contributed by atoms with Crippen LogP contribution >= 0.6 is 0 Å². The molecule has 0 radical (unpaired) electrons. The highest BCUT2D eigenvalue weighted by Gasteiger charge is 2.38. The number of nitrogens with zero attached hydrogens (tertiary/aromatic N) is 2. The highest BCUT2D eigenvalue weighted by Crippen LogP contribution is 2.41. The molecule has 1 aliphatic rings. The first-order chi connectivity index (χ1) is 6.04. The molecule has 1 fully saturated rings. The van der Waals surface area contributed by atoms with Crippen molar-refractivity contribution in [3.05, 3.63) is 17.0 Å². The lowest BCUT2D eigenvalue weighted by Crippen LogP contribution is -2.44. The normalized spacial score (nSPS) is 20.0. The Labute approximate surface area is 78.9 Å². The molecule has 0 amide bonds. The zero-order valence-corrected chi connectivity index (χ0v) is 8.59. The standard InChI is InChI=1S/C10H17N3/c1-7-9(8(2)13(3)12-7)10(11)5-4-6-10/h4-6,11H2,1-3H3. The van der Waals surface area contributed by atoms with E-state index in [1.165, 1.54) is 17.7 Å². The predicted octanol–water partition coefficient (Wildman–Crippen LogP) is 1.37. The molecule has 0 unspecified atom stereocenters. The Hall–Kier alpha value is -0.830. The van der Waals surface area contributed by atoms with Gasteiger partial charge in [0.25, 0.3) is 0 Å². The van der Waals surface area contributed by atoms with Crippen LogP contribution in [0.15, 0.2) is 0 Å². The molecule has 2 rings (SSSR count). The van der Waals surface area contributed by atoms with Crippen molar-refractivity contribution in [2.45, 2.75) is 38.6 Å².